The predicted molar refractivity (Wildman–Crippen MR) is 82.8 cm³/mol. The summed E-state index contributed by atoms with van der Waals surface area (Å²) in [5, 5.41) is 18.3. The maximum atomic E-state index is 11.7. The van der Waals surface area contributed by atoms with Crippen LogP contribution < -0.4 is 10.6 Å². The van der Waals surface area contributed by atoms with Crippen molar-refractivity contribution in [2.24, 2.45) is 0 Å². The zero-order chi connectivity index (χ0) is 15.2. The minimum Gasteiger partial charge on any atom is -0.376 e. The average Bonchev–Trinajstić information content (AvgIpc) is 2.97. The summed E-state index contributed by atoms with van der Waals surface area (Å²) in [6.07, 6.45) is 0. The molecule has 0 aliphatic heterocycles. The number of nitro benzene ring substituents is 1. The molecule has 8 heteroatoms. The normalized spacial score (nSPS) is 10.1. The van der Waals surface area contributed by atoms with E-state index in [0.29, 0.717) is 12.2 Å². The van der Waals surface area contributed by atoms with Crippen LogP contribution in [-0.2, 0) is 11.3 Å². The van der Waals surface area contributed by atoms with E-state index in [1.165, 1.54) is 12.1 Å². The fourth-order valence-corrected chi connectivity index (χ4v) is 2.44. The SMILES string of the molecule is O=C(CNc1ccc(Cl)c([N+](=O)[O-])c1)NCc1cccs1. The molecule has 0 saturated heterocycles. The summed E-state index contributed by atoms with van der Waals surface area (Å²) in [6, 6.07) is 8.15. The van der Waals surface area contributed by atoms with Crippen molar-refractivity contribution < 1.29 is 9.72 Å². The molecule has 1 aromatic carbocycles. The minimum atomic E-state index is -0.565. The lowest BCUT2D eigenvalue weighted by atomic mass is 10.3. The standard InChI is InChI=1S/C13H12ClN3O3S/c14-11-4-3-9(6-12(11)17(19)20)15-8-13(18)16-7-10-2-1-5-21-10/h1-6,15H,7-8H2,(H,16,18). The molecule has 1 heterocycles. The van der Waals surface area contributed by atoms with Gasteiger partial charge in [0, 0.05) is 16.6 Å². The van der Waals surface area contributed by atoms with Gasteiger partial charge in [0.05, 0.1) is 18.0 Å². The molecule has 6 nitrogen and oxygen atoms in total. The van der Waals surface area contributed by atoms with E-state index in [-0.39, 0.29) is 23.2 Å². The smallest absolute Gasteiger partial charge is 0.289 e. The van der Waals surface area contributed by atoms with E-state index in [4.69, 9.17) is 11.6 Å². The summed E-state index contributed by atoms with van der Waals surface area (Å²) in [5.74, 6) is -0.194. The Bertz CT molecular complexity index is 646. The number of nitrogens with zero attached hydrogens (tertiary/aromatic N) is 1. The van der Waals surface area contributed by atoms with E-state index in [0.717, 1.165) is 4.88 Å². The van der Waals surface area contributed by atoms with Gasteiger partial charge in [0.2, 0.25) is 5.91 Å². The van der Waals surface area contributed by atoms with Crippen LogP contribution in [0.15, 0.2) is 35.7 Å². The summed E-state index contributed by atoms with van der Waals surface area (Å²) >= 11 is 7.27. The van der Waals surface area contributed by atoms with Gasteiger partial charge in [-0.1, -0.05) is 17.7 Å². The third-order valence-electron chi connectivity index (χ3n) is 2.64. The van der Waals surface area contributed by atoms with Crippen molar-refractivity contribution in [3.05, 3.63) is 55.7 Å². The van der Waals surface area contributed by atoms with Crippen molar-refractivity contribution in [2.45, 2.75) is 6.54 Å². The van der Waals surface area contributed by atoms with Crippen molar-refractivity contribution in [1.82, 2.24) is 5.32 Å². The monoisotopic (exact) mass is 325 g/mol. The Morgan fingerprint density at radius 1 is 1.38 bits per heavy atom. The number of amides is 1. The van der Waals surface area contributed by atoms with Gasteiger partial charge < -0.3 is 10.6 Å². The lowest BCUT2D eigenvalue weighted by molar-refractivity contribution is -0.384. The highest BCUT2D eigenvalue weighted by molar-refractivity contribution is 7.09. The molecular weight excluding hydrogens is 314 g/mol. The second kappa shape index (κ2) is 7.05. The number of halogens is 1. The number of carbonyl (C=O) groups is 1. The zero-order valence-corrected chi connectivity index (χ0v) is 12.4. The molecule has 2 N–H and O–H groups in total. The Morgan fingerprint density at radius 2 is 2.19 bits per heavy atom. The molecule has 1 aromatic heterocycles. The lowest BCUT2D eigenvalue weighted by Crippen LogP contribution is -2.29. The number of nitrogens with one attached hydrogen (secondary N) is 2. The zero-order valence-electron chi connectivity index (χ0n) is 10.8. The number of thiophene rings is 1. The minimum absolute atomic E-state index is 0.0319. The van der Waals surface area contributed by atoms with E-state index < -0.39 is 4.92 Å². The first-order chi connectivity index (χ1) is 10.1. The molecule has 0 atom stereocenters. The van der Waals surface area contributed by atoms with Crippen LogP contribution in [0.2, 0.25) is 5.02 Å². The van der Waals surface area contributed by atoms with Crippen LogP contribution in [0.25, 0.3) is 0 Å². The molecule has 0 radical (unpaired) electrons. The summed E-state index contributed by atoms with van der Waals surface area (Å²) in [6.45, 7) is 0.503. The molecule has 21 heavy (non-hydrogen) atoms. The van der Waals surface area contributed by atoms with Gasteiger partial charge in [-0.3, -0.25) is 14.9 Å². The van der Waals surface area contributed by atoms with Crippen molar-refractivity contribution in [2.75, 3.05) is 11.9 Å². The second-order valence-corrected chi connectivity index (χ2v) is 5.57. The lowest BCUT2D eigenvalue weighted by Gasteiger charge is -2.07. The third kappa shape index (κ3) is 4.44. The number of benzene rings is 1. The number of nitro groups is 1. The van der Waals surface area contributed by atoms with Crippen molar-refractivity contribution >= 4 is 40.2 Å². The van der Waals surface area contributed by atoms with Gasteiger partial charge in [-0.2, -0.15) is 0 Å². The highest BCUT2D eigenvalue weighted by Gasteiger charge is 2.13. The number of carbonyl (C=O) groups excluding carboxylic acids is 1. The van der Waals surface area contributed by atoms with Crippen LogP contribution in [0.4, 0.5) is 11.4 Å². The number of hydrogen-bond donors (Lipinski definition) is 2. The Kier molecular flexibility index (Phi) is 5.13. The molecule has 0 aliphatic carbocycles. The molecule has 2 aromatic rings. The number of rotatable bonds is 6. The predicted octanol–water partition coefficient (Wildman–Crippen LogP) is 3.04. The second-order valence-electron chi connectivity index (χ2n) is 4.13. The molecule has 0 bridgehead atoms. The van der Waals surface area contributed by atoms with E-state index in [1.54, 1.807) is 17.4 Å². The highest BCUT2D eigenvalue weighted by atomic mass is 35.5. The van der Waals surface area contributed by atoms with Gasteiger partial charge >= 0.3 is 0 Å². The van der Waals surface area contributed by atoms with Crippen LogP contribution in [0.5, 0.6) is 0 Å². The molecule has 0 unspecified atom stereocenters. The van der Waals surface area contributed by atoms with Gasteiger partial charge in [-0.25, -0.2) is 0 Å². The topological polar surface area (TPSA) is 84.3 Å². The fraction of sp³-hybridized carbons (Fsp3) is 0.154. The Hall–Kier alpha value is -2.12. The average molecular weight is 326 g/mol. The van der Waals surface area contributed by atoms with Crippen molar-refractivity contribution in [1.29, 1.82) is 0 Å². The first-order valence-corrected chi connectivity index (χ1v) is 7.29. The summed E-state index contributed by atoms with van der Waals surface area (Å²) in [4.78, 5) is 22.9. The van der Waals surface area contributed by atoms with E-state index in [9.17, 15) is 14.9 Å². The van der Waals surface area contributed by atoms with Gasteiger partial charge in [0.15, 0.2) is 0 Å². The number of hydrogen-bond acceptors (Lipinski definition) is 5. The highest BCUT2D eigenvalue weighted by Crippen LogP contribution is 2.27. The molecule has 110 valence electrons. The third-order valence-corrected chi connectivity index (χ3v) is 3.83. The molecule has 0 saturated carbocycles. The fourth-order valence-electron chi connectivity index (χ4n) is 1.61. The quantitative estimate of drug-likeness (QED) is 0.631. The largest absolute Gasteiger partial charge is 0.376 e. The number of anilines is 1. The molecule has 2 rings (SSSR count). The van der Waals surface area contributed by atoms with Gasteiger partial charge in [-0.15, -0.1) is 11.3 Å². The summed E-state index contributed by atoms with van der Waals surface area (Å²) in [7, 11) is 0. The van der Waals surface area contributed by atoms with Gasteiger partial charge in [0.1, 0.15) is 5.02 Å². The van der Waals surface area contributed by atoms with Gasteiger partial charge in [-0.05, 0) is 23.6 Å². The Balaban J connectivity index is 1.86. The van der Waals surface area contributed by atoms with Crippen LogP contribution in [0.3, 0.4) is 0 Å². The van der Waals surface area contributed by atoms with Gasteiger partial charge in [0.25, 0.3) is 5.69 Å². The van der Waals surface area contributed by atoms with Crippen LogP contribution in [0, 0.1) is 10.1 Å². The van der Waals surface area contributed by atoms with E-state index in [1.807, 2.05) is 17.5 Å². The van der Waals surface area contributed by atoms with E-state index >= 15 is 0 Å². The molecule has 0 aliphatic rings. The van der Waals surface area contributed by atoms with Crippen molar-refractivity contribution in [3.63, 3.8) is 0 Å². The van der Waals surface area contributed by atoms with E-state index in [2.05, 4.69) is 10.6 Å². The maximum absolute atomic E-state index is 11.7. The van der Waals surface area contributed by atoms with Crippen LogP contribution >= 0.6 is 22.9 Å². The van der Waals surface area contributed by atoms with Crippen LogP contribution in [-0.4, -0.2) is 17.4 Å². The molecule has 0 fully saturated rings. The molecular formula is C13H12ClN3O3S. The Morgan fingerprint density at radius 3 is 2.86 bits per heavy atom. The molecule has 1 amide bonds. The summed E-state index contributed by atoms with van der Waals surface area (Å²) < 4.78 is 0. The maximum Gasteiger partial charge on any atom is 0.289 e. The molecule has 0 spiro atoms. The Labute approximate surface area is 129 Å². The first-order valence-electron chi connectivity index (χ1n) is 6.03. The first kappa shape index (κ1) is 15.3. The van der Waals surface area contributed by atoms with Crippen LogP contribution in [0.1, 0.15) is 4.88 Å². The van der Waals surface area contributed by atoms with Crippen molar-refractivity contribution in [3.8, 4) is 0 Å². The summed E-state index contributed by atoms with van der Waals surface area (Å²) in [5.41, 5.74) is 0.276.